The lowest BCUT2D eigenvalue weighted by atomic mass is 9.73. The molecule has 0 radical (unpaired) electrons. The highest BCUT2D eigenvalue weighted by Gasteiger charge is 2.47. The number of benzene rings is 4. The second kappa shape index (κ2) is 26.5. The number of allylic oxidation sites excluding steroid dienone is 17. The van der Waals surface area contributed by atoms with Crippen LogP contribution in [0, 0.1) is 5.92 Å². The third kappa shape index (κ3) is 12.7. The summed E-state index contributed by atoms with van der Waals surface area (Å²) >= 11 is 0. The van der Waals surface area contributed by atoms with Crippen LogP contribution in [0.25, 0.3) is 27.5 Å². The van der Waals surface area contributed by atoms with E-state index in [0.29, 0.717) is 11.8 Å². The van der Waals surface area contributed by atoms with E-state index in [1.54, 1.807) is 29.4 Å². The SMILES string of the molecule is C=C/C=C(\C=C/C)c1ccc2ccccc2c1.C=C/C=C\C=C/C.C=CC=C.C=CCC1/C(=C\C)c2cc3c(cc2N1c1ccc(C2=CCC(N)C=C2)cc1)C1CCC=CC1C3(C)C.CC. The number of fused-ring (bicyclic) bond motifs is 5. The van der Waals surface area contributed by atoms with Crippen molar-refractivity contribution < 1.29 is 0 Å². The Hall–Kier alpha value is -6.48. The van der Waals surface area contributed by atoms with Crippen LogP contribution in [0.2, 0.25) is 0 Å². The maximum atomic E-state index is 6.04. The maximum Gasteiger partial charge on any atom is 0.0629 e. The summed E-state index contributed by atoms with van der Waals surface area (Å²) in [5.41, 5.74) is 19.7. The van der Waals surface area contributed by atoms with Crippen LogP contribution in [-0.2, 0) is 5.41 Å². The van der Waals surface area contributed by atoms with E-state index in [1.165, 1.54) is 68.4 Å². The topological polar surface area (TPSA) is 29.3 Å². The molecule has 1 heterocycles. The molecule has 1 aliphatic heterocycles. The lowest BCUT2D eigenvalue weighted by molar-refractivity contribution is 0.347. The van der Waals surface area contributed by atoms with Gasteiger partial charge in [-0.25, -0.2) is 0 Å². The summed E-state index contributed by atoms with van der Waals surface area (Å²) in [6.45, 7) is 33.2. The largest absolute Gasteiger partial charge is 0.333 e. The molecule has 4 aromatic carbocycles. The van der Waals surface area contributed by atoms with Crippen LogP contribution in [-0.4, -0.2) is 12.1 Å². The number of nitrogens with two attached hydrogens (primary N) is 1. The summed E-state index contributed by atoms with van der Waals surface area (Å²) < 4.78 is 0. The predicted molar refractivity (Wildman–Crippen MR) is 297 cm³/mol. The summed E-state index contributed by atoms with van der Waals surface area (Å²) in [6, 6.07) is 29.5. The molecule has 0 amide bonds. The van der Waals surface area contributed by atoms with Gasteiger partial charge in [-0.1, -0.05) is 212 Å². The van der Waals surface area contributed by atoms with Crippen molar-refractivity contribution in [2.45, 2.75) is 97.6 Å². The highest BCUT2D eigenvalue weighted by atomic mass is 15.2. The molecule has 0 bridgehead atoms. The lowest BCUT2D eigenvalue weighted by Gasteiger charge is -2.31. The Labute approximate surface area is 400 Å². The molecule has 0 aromatic heterocycles. The molecule has 8 rings (SSSR count). The van der Waals surface area contributed by atoms with Gasteiger partial charge in [-0.2, -0.15) is 0 Å². The minimum absolute atomic E-state index is 0.138. The van der Waals surface area contributed by atoms with Crippen LogP contribution in [0.4, 0.5) is 11.4 Å². The first kappa shape index (κ1) is 52.1. The van der Waals surface area contributed by atoms with Crippen LogP contribution in [0.3, 0.4) is 0 Å². The van der Waals surface area contributed by atoms with Gasteiger partial charge in [0, 0.05) is 23.0 Å². The summed E-state index contributed by atoms with van der Waals surface area (Å²) in [5.74, 6) is 1.22. The molecular formula is C64H76N2. The fraction of sp³-hybridized carbons (Fsp3) is 0.250. The Morgan fingerprint density at radius 1 is 0.788 bits per heavy atom. The minimum atomic E-state index is 0.138. The molecule has 2 heteroatoms. The van der Waals surface area contributed by atoms with E-state index in [0.717, 1.165) is 12.8 Å². The van der Waals surface area contributed by atoms with Crippen molar-refractivity contribution in [2.24, 2.45) is 11.7 Å². The van der Waals surface area contributed by atoms with E-state index < -0.39 is 0 Å². The van der Waals surface area contributed by atoms with Gasteiger partial charge in [0.15, 0.2) is 0 Å². The van der Waals surface area contributed by atoms with E-state index in [1.807, 2.05) is 70.2 Å². The molecule has 4 aliphatic rings. The molecule has 0 saturated heterocycles. The first-order valence-electron chi connectivity index (χ1n) is 23.9. The minimum Gasteiger partial charge on any atom is -0.333 e. The highest BCUT2D eigenvalue weighted by Crippen LogP contribution is 2.58. The highest BCUT2D eigenvalue weighted by molar-refractivity contribution is 5.94. The number of nitrogens with zero attached hydrogens (tertiary/aromatic N) is 1. The van der Waals surface area contributed by atoms with Crippen molar-refractivity contribution in [3.05, 3.63) is 249 Å². The third-order valence-corrected chi connectivity index (χ3v) is 12.5. The standard InChI is InChI=1S/C34H38N2.C17H16.C7H10.C4H6.C2H6/c1-5-9-32-26(6-2)29-20-31-28(27-10-7-8-11-30(27)34(31,3)4)21-33(29)36(32)25-18-14-23(15-19-25)22-12-16-24(35)17-13-22;1-3-7-14(8-4-2)17-12-11-15-9-5-6-10-16(15)13-17;1-3-5-7-6-4-2;1-3-4-2;1-2/h5-6,8,11-16,18-21,24,27,30,32H,1,7,9-10,17,35H2,2-4H3;3-13H,1H2,2H3;3-7H,1H2,2H3;3-4H,1-2H2;1-2H3/b26-6-;8-4-,14-7+;6-4-,7-5-;;. The first-order chi connectivity index (χ1) is 32.1. The average molecular weight is 873 g/mol. The summed E-state index contributed by atoms with van der Waals surface area (Å²) in [5, 5.41) is 2.54. The van der Waals surface area contributed by atoms with Gasteiger partial charge in [-0.3, -0.25) is 0 Å². The van der Waals surface area contributed by atoms with Crippen molar-refractivity contribution in [3.63, 3.8) is 0 Å². The fourth-order valence-electron chi connectivity index (χ4n) is 9.39. The molecule has 2 nitrogen and oxygen atoms in total. The van der Waals surface area contributed by atoms with Crippen molar-refractivity contribution >= 4 is 38.9 Å². The van der Waals surface area contributed by atoms with Gasteiger partial charge in [0.25, 0.3) is 0 Å². The second-order valence-electron chi connectivity index (χ2n) is 17.0. The molecule has 66 heavy (non-hydrogen) atoms. The quantitative estimate of drug-likeness (QED) is 0.127. The fourth-order valence-corrected chi connectivity index (χ4v) is 9.39. The van der Waals surface area contributed by atoms with Crippen molar-refractivity contribution in [1.82, 2.24) is 0 Å². The van der Waals surface area contributed by atoms with Gasteiger partial charge in [-0.05, 0) is 144 Å². The number of anilines is 2. The van der Waals surface area contributed by atoms with E-state index in [4.69, 9.17) is 5.73 Å². The van der Waals surface area contributed by atoms with E-state index in [9.17, 15) is 0 Å². The molecule has 0 spiro atoms. The molecule has 3 aliphatic carbocycles. The number of hydrogen-bond donors (Lipinski definition) is 1. The van der Waals surface area contributed by atoms with Crippen molar-refractivity contribution in [3.8, 4) is 0 Å². The predicted octanol–water partition coefficient (Wildman–Crippen LogP) is 17.9. The monoisotopic (exact) mass is 873 g/mol. The lowest BCUT2D eigenvalue weighted by Crippen LogP contribution is -2.26. The molecule has 4 unspecified atom stereocenters. The Kier molecular flexibility index (Phi) is 20.9. The van der Waals surface area contributed by atoms with Gasteiger partial charge in [0.2, 0.25) is 0 Å². The molecule has 2 N–H and O–H groups in total. The smallest absolute Gasteiger partial charge is 0.0629 e. The molecule has 4 atom stereocenters. The first-order valence-corrected chi connectivity index (χ1v) is 23.9. The van der Waals surface area contributed by atoms with E-state index in [-0.39, 0.29) is 17.5 Å². The van der Waals surface area contributed by atoms with Gasteiger partial charge >= 0.3 is 0 Å². The van der Waals surface area contributed by atoms with Gasteiger partial charge in [0.05, 0.1) is 6.04 Å². The molecule has 4 aromatic rings. The maximum absolute atomic E-state index is 6.04. The second-order valence-corrected chi connectivity index (χ2v) is 17.0. The zero-order valence-electron chi connectivity index (χ0n) is 41.1. The van der Waals surface area contributed by atoms with Gasteiger partial charge in [0.1, 0.15) is 0 Å². The van der Waals surface area contributed by atoms with Gasteiger partial charge in [-0.15, -0.1) is 6.58 Å². The van der Waals surface area contributed by atoms with E-state index in [2.05, 4.69) is 186 Å². The van der Waals surface area contributed by atoms with E-state index >= 15 is 0 Å². The normalized spacial score (nSPS) is 20.3. The molecule has 0 saturated carbocycles. The molecule has 342 valence electrons. The zero-order chi connectivity index (χ0) is 48.1. The van der Waals surface area contributed by atoms with Crippen molar-refractivity contribution in [1.29, 1.82) is 0 Å². The summed E-state index contributed by atoms with van der Waals surface area (Å²) in [6.07, 6.45) is 40.9. The van der Waals surface area contributed by atoms with Crippen LogP contribution >= 0.6 is 0 Å². The Bertz CT molecular complexity index is 2510. The Morgan fingerprint density at radius 3 is 2.12 bits per heavy atom. The number of rotatable bonds is 10. The van der Waals surface area contributed by atoms with Crippen LogP contribution in [0.15, 0.2) is 221 Å². The van der Waals surface area contributed by atoms with Crippen LogP contribution in [0.5, 0.6) is 0 Å². The average Bonchev–Trinajstić information content (AvgIpc) is 3.78. The third-order valence-electron chi connectivity index (χ3n) is 12.5. The van der Waals surface area contributed by atoms with Crippen LogP contribution in [0.1, 0.15) is 108 Å². The van der Waals surface area contributed by atoms with Crippen molar-refractivity contribution in [2.75, 3.05) is 4.90 Å². The van der Waals surface area contributed by atoms with Gasteiger partial charge < -0.3 is 10.6 Å². The summed E-state index contributed by atoms with van der Waals surface area (Å²) in [7, 11) is 0. The zero-order valence-corrected chi connectivity index (χ0v) is 41.1. The Balaban J connectivity index is 0.000000262. The van der Waals surface area contributed by atoms with Crippen LogP contribution < -0.4 is 10.6 Å². The molecule has 0 fully saturated rings. The number of hydrogen-bond acceptors (Lipinski definition) is 2. The summed E-state index contributed by atoms with van der Waals surface area (Å²) in [4.78, 5) is 2.57. The Morgan fingerprint density at radius 2 is 1.52 bits per heavy atom. The molecular weight excluding hydrogens is 797 g/mol.